The topological polar surface area (TPSA) is 55.1 Å². The molecular weight excluding hydrogens is 184 g/mol. The molecule has 1 rings (SSSR count). The quantitative estimate of drug-likeness (QED) is 0.757. The highest BCUT2D eigenvalue weighted by molar-refractivity contribution is 7.09. The molecule has 3 N–H and O–H groups in total. The molecule has 0 aliphatic rings. The van der Waals surface area contributed by atoms with Gasteiger partial charge in [-0.15, -0.1) is 11.3 Å². The van der Waals surface area contributed by atoms with E-state index in [0.717, 1.165) is 4.88 Å². The molecule has 1 unspecified atom stereocenters. The minimum Gasteiger partial charge on any atom is -0.351 e. The number of hydrogen-bond donors (Lipinski definition) is 2. The van der Waals surface area contributed by atoms with E-state index < -0.39 is 0 Å². The maximum absolute atomic E-state index is 11.3. The highest BCUT2D eigenvalue weighted by Gasteiger charge is 2.09. The van der Waals surface area contributed by atoms with Crippen molar-refractivity contribution in [1.29, 1.82) is 0 Å². The number of nitrogens with one attached hydrogen (secondary N) is 1. The average molecular weight is 198 g/mol. The second-order valence-electron chi connectivity index (χ2n) is 2.93. The van der Waals surface area contributed by atoms with Gasteiger partial charge in [0.05, 0.1) is 6.54 Å². The zero-order valence-corrected chi connectivity index (χ0v) is 8.43. The Balaban J connectivity index is 2.31. The molecule has 1 aromatic heterocycles. The molecule has 4 heteroatoms. The van der Waals surface area contributed by atoms with E-state index in [4.69, 9.17) is 5.73 Å². The Morgan fingerprint density at radius 1 is 1.77 bits per heavy atom. The van der Waals surface area contributed by atoms with E-state index in [1.54, 1.807) is 11.3 Å². The molecule has 0 aliphatic heterocycles. The fourth-order valence-corrected chi connectivity index (χ4v) is 1.51. The normalized spacial score (nSPS) is 12.5. The van der Waals surface area contributed by atoms with Crippen LogP contribution < -0.4 is 11.1 Å². The van der Waals surface area contributed by atoms with Crippen LogP contribution in [-0.4, -0.2) is 12.5 Å². The van der Waals surface area contributed by atoms with Gasteiger partial charge in [-0.1, -0.05) is 13.0 Å². The first kappa shape index (κ1) is 10.2. The third-order valence-electron chi connectivity index (χ3n) is 1.82. The minimum atomic E-state index is -0.0973. The van der Waals surface area contributed by atoms with Crippen LogP contribution in [0.2, 0.25) is 0 Å². The van der Waals surface area contributed by atoms with Crippen molar-refractivity contribution in [2.24, 2.45) is 11.7 Å². The summed E-state index contributed by atoms with van der Waals surface area (Å²) in [5, 5.41) is 4.82. The second kappa shape index (κ2) is 4.99. The van der Waals surface area contributed by atoms with Crippen LogP contribution in [0.1, 0.15) is 11.8 Å². The fraction of sp³-hybridized carbons (Fsp3) is 0.444. The summed E-state index contributed by atoms with van der Waals surface area (Å²) in [6.45, 7) is 2.83. The molecule has 13 heavy (non-hydrogen) atoms. The van der Waals surface area contributed by atoms with Crippen LogP contribution >= 0.6 is 11.3 Å². The minimum absolute atomic E-state index is 0.0240. The number of hydrogen-bond acceptors (Lipinski definition) is 3. The van der Waals surface area contributed by atoms with Crippen molar-refractivity contribution in [3.63, 3.8) is 0 Å². The van der Waals surface area contributed by atoms with E-state index in [2.05, 4.69) is 5.32 Å². The van der Waals surface area contributed by atoms with E-state index in [1.165, 1.54) is 0 Å². The average Bonchev–Trinajstić information content (AvgIpc) is 2.65. The summed E-state index contributed by atoms with van der Waals surface area (Å²) in [6, 6.07) is 3.97. The SMILES string of the molecule is CC(CN)C(=O)NCc1cccs1. The molecule has 0 saturated carbocycles. The van der Waals surface area contributed by atoms with E-state index in [1.807, 2.05) is 24.4 Å². The van der Waals surface area contributed by atoms with Gasteiger partial charge < -0.3 is 11.1 Å². The first-order valence-corrected chi connectivity index (χ1v) is 5.12. The molecule has 0 saturated heterocycles. The van der Waals surface area contributed by atoms with Gasteiger partial charge in [-0.2, -0.15) is 0 Å². The van der Waals surface area contributed by atoms with Crippen molar-refractivity contribution in [2.75, 3.05) is 6.54 Å². The molecule has 0 bridgehead atoms. The van der Waals surface area contributed by atoms with Gasteiger partial charge in [-0.05, 0) is 11.4 Å². The molecule has 1 amide bonds. The molecule has 0 radical (unpaired) electrons. The molecule has 0 fully saturated rings. The molecule has 72 valence electrons. The van der Waals surface area contributed by atoms with Crippen molar-refractivity contribution in [3.05, 3.63) is 22.4 Å². The van der Waals surface area contributed by atoms with Crippen LogP contribution in [0.25, 0.3) is 0 Å². The lowest BCUT2D eigenvalue weighted by Crippen LogP contribution is -2.32. The molecule has 0 aliphatic carbocycles. The van der Waals surface area contributed by atoms with Crippen molar-refractivity contribution in [1.82, 2.24) is 5.32 Å². The summed E-state index contributed by atoms with van der Waals surface area (Å²) in [7, 11) is 0. The second-order valence-corrected chi connectivity index (χ2v) is 3.97. The van der Waals surface area contributed by atoms with Gasteiger partial charge in [-0.25, -0.2) is 0 Å². The maximum Gasteiger partial charge on any atom is 0.224 e. The van der Waals surface area contributed by atoms with Crippen LogP contribution in [0.15, 0.2) is 17.5 Å². The Labute approximate surface area is 81.9 Å². The summed E-state index contributed by atoms with van der Waals surface area (Å²) < 4.78 is 0. The van der Waals surface area contributed by atoms with Gasteiger partial charge in [-0.3, -0.25) is 4.79 Å². The van der Waals surface area contributed by atoms with Gasteiger partial charge in [0, 0.05) is 17.3 Å². The van der Waals surface area contributed by atoms with Crippen LogP contribution in [0.4, 0.5) is 0 Å². The lowest BCUT2D eigenvalue weighted by atomic mass is 10.2. The van der Waals surface area contributed by atoms with E-state index >= 15 is 0 Å². The molecule has 1 aromatic rings. The van der Waals surface area contributed by atoms with Crippen molar-refractivity contribution in [3.8, 4) is 0 Å². The lowest BCUT2D eigenvalue weighted by molar-refractivity contribution is -0.124. The van der Waals surface area contributed by atoms with Crippen molar-refractivity contribution >= 4 is 17.2 Å². The van der Waals surface area contributed by atoms with Crippen LogP contribution in [0.3, 0.4) is 0 Å². The number of amides is 1. The van der Waals surface area contributed by atoms with Crippen molar-refractivity contribution < 1.29 is 4.79 Å². The number of carbonyl (C=O) groups is 1. The zero-order chi connectivity index (χ0) is 9.68. The number of carbonyl (C=O) groups excluding carboxylic acids is 1. The van der Waals surface area contributed by atoms with E-state index in [9.17, 15) is 4.79 Å². The molecular formula is C9H14N2OS. The fourth-order valence-electron chi connectivity index (χ4n) is 0.869. The third kappa shape index (κ3) is 3.16. The summed E-state index contributed by atoms with van der Waals surface area (Å²) >= 11 is 1.64. The number of thiophene rings is 1. The largest absolute Gasteiger partial charge is 0.351 e. The molecule has 0 spiro atoms. The molecule has 1 heterocycles. The Hall–Kier alpha value is -0.870. The Morgan fingerprint density at radius 3 is 3.08 bits per heavy atom. The molecule has 3 nitrogen and oxygen atoms in total. The van der Waals surface area contributed by atoms with Gasteiger partial charge in [0.1, 0.15) is 0 Å². The lowest BCUT2D eigenvalue weighted by Gasteiger charge is -2.08. The highest BCUT2D eigenvalue weighted by Crippen LogP contribution is 2.07. The first-order valence-electron chi connectivity index (χ1n) is 4.24. The summed E-state index contributed by atoms with van der Waals surface area (Å²) in [6.07, 6.45) is 0. The Morgan fingerprint density at radius 2 is 2.54 bits per heavy atom. The summed E-state index contributed by atoms with van der Waals surface area (Å²) in [5.74, 6) is -0.0733. The maximum atomic E-state index is 11.3. The van der Waals surface area contributed by atoms with Crippen molar-refractivity contribution in [2.45, 2.75) is 13.5 Å². The van der Waals surface area contributed by atoms with Gasteiger partial charge in [0.15, 0.2) is 0 Å². The van der Waals surface area contributed by atoms with Gasteiger partial charge in [0.2, 0.25) is 5.91 Å². The first-order chi connectivity index (χ1) is 6.24. The predicted octanol–water partition coefficient (Wildman–Crippen LogP) is 0.959. The zero-order valence-electron chi connectivity index (χ0n) is 7.62. The van der Waals surface area contributed by atoms with Gasteiger partial charge >= 0.3 is 0 Å². The highest BCUT2D eigenvalue weighted by atomic mass is 32.1. The Kier molecular flexibility index (Phi) is 3.92. The van der Waals surface area contributed by atoms with Crippen LogP contribution in [0, 0.1) is 5.92 Å². The van der Waals surface area contributed by atoms with Crippen LogP contribution in [-0.2, 0) is 11.3 Å². The molecule has 1 atom stereocenters. The monoisotopic (exact) mass is 198 g/mol. The predicted molar refractivity (Wildman–Crippen MR) is 54.4 cm³/mol. The van der Waals surface area contributed by atoms with E-state index in [-0.39, 0.29) is 11.8 Å². The smallest absolute Gasteiger partial charge is 0.224 e. The van der Waals surface area contributed by atoms with E-state index in [0.29, 0.717) is 13.1 Å². The summed E-state index contributed by atoms with van der Waals surface area (Å²) in [4.78, 5) is 12.4. The summed E-state index contributed by atoms with van der Waals surface area (Å²) in [5.41, 5.74) is 5.36. The van der Waals surface area contributed by atoms with Crippen LogP contribution in [0.5, 0.6) is 0 Å². The standard InChI is InChI=1S/C9H14N2OS/c1-7(5-10)9(12)11-6-8-3-2-4-13-8/h2-4,7H,5-6,10H2,1H3,(H,11,12). The number of rotatable bonds is 4. The number of nitrogens with two attached hydrogens (primary N) is 1. The molecule has 0 aromatic carbocycles. The third-order valence-corrected chi connectivity index (χ3v) is 2.69. The van der Waals surface area contributed by atoms with Gasteiger partial charge in [0.25, 0.3) is 0 Å². The Bertz CT molecular complexity index is 259.